The number of amides is 1. The Labute approximate surface area is 230 Å². The zero-order valence-electron chi connectivity index (χ0n) is 22.9. The molecule has 206 valence electrons. The maximum absolute atomic E-state index is 12.6. The monoisotopic (exact) mass is 531 g/mol. The van der Waals surface area contributed by atoms with Gasteiger partial charge in [-0.2, -0.15) is 0 Å². The summed E-state index contributed by atoms with van der Waals surface area (Å²) >= 11 is 0. The van der Waals surface area contributed by atoms with Crippen LogP contribution in [0.2, 0.25) is 0 Å². The fraction of sp³-hybridized carbons (Fsp3) is 0.344. The number of carboxylic acids is 1. The van der Waals surface area contributed by atoms with Crippen molar-refractivity contribution in [2.24, 2.45) is 0 Å². The largest absolute Gasteiger partial charge is 0.494 e. The Morgan fingerprint density at radius 3 is 2.03 bits per heavy atom. The number of aryl methyl sites for hydroxylation is 2. The van der Waals surface area contributed by atoms with Gasteiger partial charge in [-0.05, 0) is 74.4 Å². The fourth-order valence-corrected chi connectivity index (χ4v) is 4.23. The lowest BCUT2D eigenvalue weighted by molar-refractivity contribution is -0.139. The van der Waals surface area contributed by atoms with E-state index in [1.54, 1.807) is 60.7 Å². The van der Waals surface area contributed by atoms with E-state index in [0.29, 0.717) is 34.8 Å². The van der Waals surface area contributed by atoms with Crippen LogP contribution >= 0.6 is 0 Å². The number of carbonyl (C=O) groups is 3. The van der Waals surface area contributed by atoms with Crippen molar-refractivity contribution in [2.45, 2.75) is 65.3 Å². The standard InChI is InChI=1S/C32H37NO6/c1-4-5-6-7-8-17-38-27-15-11-25(12-16-27)32(37)39-28-13-9-24(10-14-28)21-29(31(35)36)33-30(34)26-19-22(2)18-23(3)20-26/h9-16,18-20,29H,4-8,17,21H2,1-3H3,(H,33,34)(H,35,36). The van der Waals surface area contributed by atoms with Crippen molar-refractivity contribution in [3.05, 3.63) is 94.5 Å². The third kappa shape index (κ3) is 9.60. The van der Waals surface area contributed by atoms with Crippen molar-refractivity contribution in [1.29, 1.82) is 0 Å². The summed E-state index contributed by atoms with van der Waals surface area (Å²) in [6.07, 6.45) is 5.91. The molecule has 1 amide bonds. The molecular formula is C32H37NO6. The molecule has 0 aliphatic heterocycles. The van der Waals surface area contributed by atoms with Crippen molar-refractivity contribution in [3.8, 4) is 11.5 Å². The molecular weight excluding hydrogens is 494 g/mol. The van der Waals surface area contributed by atoms with Crippen LogP contribution in [0.5, 0.6) is 11.5 Å². The molecule has 1 atom stereocenters. The molecule has 39 heavy (non-hydrogen) atoms. The second-order valence-electron chi connectivity index (χ2n) is 9.77. The van der Waals surface area contributed by atoms with E-state index in [9.17, 15) is 19.5 Å². The Bertz CT molecular complexity index is 1230. The zero-order chi connectivity index (χ0) is 28.2. The van der Waals surface area contributed by atoms with Crippen molar-refractivity contribution in [3.63, 3.8) is 0 Å². The Kier molecular flexibility index (Phi) is 11.1. The van der Waals surface area contributed by atoms with Gasteiger partial charge < -0.3 is 19.9 Å². The van der Waals surface area contributed by atoms with Gasteiger partial charge in [0.1, 0.15) is 17.5 Å². The molecule has 2 N–H and O–H groups in total. The van der Waals surface area contributed by atoms with Crippen molar-refractivity contribution in [1.82, 2.24) is 5.32 Å². The number of nitrogens with one attached hydrogen (secondary N) is 1. The van der Waals surface area contributed by atoms with Gasteiger partial charge in [0.05, 0.1) is 12.2 Å². The van der Waals surface area contributed by atoms with Crippen LogP contribution in [0.4, 0.5) is 0 Å². The third-order valence-corrected chi connectivity index (χ3v) is 6.27. The summed E-state index contributed by atoms with van der Waals surface area (Å²) in [7, 11) is 0. The minimum atomic E-state index is -1.13. The molecule has 3 aromatic rings. The molecule has 0 bridgehead atoms. The second kappa shape index (κ2) is 14.7. The highest BCUT2D eigenvalue weighted by atomic mass is 16.5. The Morgan fingerprint density at radius 1 is 0.795 bits per heavy atom. The lowest BCUT2D eigenvalue weighted by Crippen LogP contribution is -2.42. The number of hydrogen-bond donors (Lipinski definition) is 2. The minimum Gasteiger partial charge on any atom is -0.494 e. The molecule has 0 saturated heterocycles. The molecule has 0 aliphatic rings. The Balaban J connectivity index is 1.52. The van der Waals surface area contributed by atoms with Crippen LogP contribution in [-0.4, -0.2) is 35.6 Å². The summed E-state index contributed by atoms with van der Waals surface area (Å²) in [5, 5.41) is 12.3. The highest BCUT2D eigenvalue weighted by molar-refractivity contribution is 5.97. The summed E-state index contributed by atoms with van der Waals surface area (Å²) in [5.74, 6) is -1.03. The van der Waals surface area contributed by atoms with Gasteiger partial charge in [0.25, 0.3) is 5.91 Å². The summed E-state index contributed by atoms with van der Waals surface area (Å²) < 4.78 is 11.2. The van der Waals surface area contributed by atoms with E-state index in [0.717, 1.165) is 24.0 Å². The van der Waals surface area contributed by atoms with Crippen LogP contribution in [0.3, 0.4) is 0 Å². The molecule has 0 aliphatic carbocycles. The van der Waals surface area contributed by atoms with Crippen molar-refractivity contribution < 1.29 is 29.0 Å². The van der Waals surface area contributed by atoms with Gasteiger partial charge in [0, 0.05) is 12.0 Å². The van der Waals surface area contributed by atoms with Gasteiger partial charge in [0.2, 0.25) is 0 Å². The first-order valence-corrected chi connectivity index (χ1v) is 13.4. The normalized spacial score (nSPS) is 11.5. The van der Waals surface area contributed by atoms with Crippen LogP contribution in [0.25, 0.3) is 0 Å². The van der Waals surface area contributed by atoms with Gasteiger partial charge in [-0.3, -0.25) is 4.79 Å². The highest BCUT2D eigenvalue weighted by Gasteiger charge is 2.21. The summed E-state index contributed by atoms with van der Waals surface area (Å²) in [4.78, 5) is 37.0. The number of unbranched alkanes of at least 4 members (excludes halogenated alkanes) is 4. The van der Waals surface area contributed by atoms with Gasteiger partial charge >= 0.3 is 11.9 Å². The predicted molar refractivity (Wildman–Crippen MR) is 151 cm³/mol. The van der Waals surface area contributed by atoms with E-state index in [1.807, 2.05) is 19.9 Å². The summed E-state index contributed by atoms with van der Waals surface area (Å²) in [5.41, 5.74) is 3.35. The average molecular weight is 532 g/mol. The molecule has 0 saturated carbocycles. The van der Waals surface area contributed by atoms with E-state index in [2.05, 4.69) is 12.2 Å². The van der Waals surface area contributed by atoms with Crippen LogP contribution in [-0.2, 0) is 11.2 Å². The van der Waals surface area contributed by atoms with E-state index >= 15 is 0 Å². The number of carboxylic acid groups (broad SMARTS) is 1. The Hall–Kier alpha value is -4.13. The number of benzene rings is 3. The zero-order valence-corrected chi connectivity index (χ0v) is 22.9. The molecule has 7 nitrogen and oxygen atoms in total. The van der Waals surface area contributed by atoms with Crippen LogP contribution in [0.15, 0.2) is 66.7 Å². The van der Waals surface area contributed by atoms with Crippen LogP contribution < -0.4 is 14.8 Å². The van der Waals surface area contributed by atoms with Crippen molar-refractivity contribution in [2.75, 3.05) is 6.61 Å². The second-order valence-corrected chi connectivity index (χ2v) is 9.77. The lowest BCUT2D eigenvalue weighted by atomic mass is 10.0. The first-order chi connectivity index (χ1) is 18.7. The average Bonchev–Trinajstić information content (AvgIpc) is 2.91. The van der Waals surface area contributed by atoms with Crippen LogP contribution in [0, 0.1) is 13.8 Å². The van der Waals surface area contributed by atoms with E-state index in [-0.39, 0.29) is 6.42 Å². The summed E-state index contributed by atoms with van der Waals surface area (Å²) in [6.45, 7) is 6.60. The Morgan fingerprint density at radius 2 is 1.41 bits per heavy atom. The van der Waals surface area contributed by atoms with Gasteiger partial charge in [-0.15, -0.1) is 0 Å². The van der Waals surface area contributed by atoms with Crippen LogP contribution in [0.1, 0.15) is 76.4 Å². The maximum atomic E-state index is 12.6. The quantitative estimate of drug-likeness (QED) is 0.144. The number of hydrogen-bond acceptors (Lipinski definition) is 5. The van der Waals surface area contributed by atoms with E-state index in [4.69, 9.17) is 9.47 Å². The summed E-state index contributed by atoms with van der Waals surface area (Å²) in [6, 6.07) is 17.7. The molecule has 1 unspecified atom stereocenters. The number of aliphatic carboxylic acids is 1. The molecule has 0 spiro atoms. The topological polar surface area (TPSA) is 102 Å². The molecule has 0 radical (unpaired) electrons. The molecule has 0 fully saturated rings. The van der Waals surface area contributed by atoms with Gasteiger partial charge in [-0.25, -0.2) is 9.59 Å². The highest BCUT2D eigenvalue weighted by Crippen LogP contribution is 2.18. The number of rotatable bonds is 14. The molecule has 3 rings (SSSR count). The minimum absolute atomic E-state index is 0.0835. The lowest BCUT2D eigenvalue weighted by Gasteiger charge is -2.15. The number of carbonyl (C=O) groups excluding carboxylic acids is 2. The van der Waals surface area contributed by atoms with Gasteiger partial charge in [0.15, 0.2) is 0 Å². The fourth-order valence-electron chi connectivity index (χ4n) is 4.23. The van der Waals surface area contributed by atoms with Crippen molar-refractivity contribution >= 4 is 17.8 Å². The smallest absolute Gasteiger partial charge is 0.343 e. The van der Waals surface area contributed by atoms with Gasteiger partial charge in [-0.1, -0.05) is 61.9 Å². The van der Waals surface area contributed by atoms with E-state index in [1.165, 1.54) is 19.3 Å². The molecule has 0 aromatic heterocycles. The first-order valence-electron chi connectivity index (χ1n) is 13.4. The third-order valence-electron chi connectivity index (χ3n) is 6.27. The SMILES string of the molecule is CCCCCCCOc1ccc(C(=O)Oc2ccc(CC(NC(=O)c3cc(C)cc(C)c3)C(=O)O)cc2)cc1. The molecule has 7 heteroatoms. The predicted octanol–water partition coefficient (Wildman–Crippen LogP) is 6.30. The van der Waals surface area contributed by atoms with E-state index < -0.39 is 23.9 Å². The molecule has 3 aromatic carbocycles. The maximum Gasteiger partial charge on any atom is 0.343 e. The number of esters is 1. The number of ether oxygens (including phenoxy) is 2. The molecule has 0 heterocycles. The first kappa shape index (κ1) is 29.4.